The van der Waals surface area contributed by atoms with E-state index in [0.717, 1.165) is 22.2 Å². The van der Waals surface area contributed by atoms with Crippen LogP contribution in [-0.4, -0.2) is 17.1 Å². The van der Waals surface area contributed by atoms with E-state index < -0.39 is 0 Å². The van der Waals surface area contributed by atoms with Crippen molar-refractivity contribution >= 4 is 22.6 Å². The third kappa shape index (κ3) is 1.73. The van der Waals surface area contributed by atoms with Gasteiger partial charge in [-0.05, 0) is 35.4 Å². The first kappa shape index (κ1) is 11.1. The fraction of sp³-hybridized carbons (Fsp3) is 0.0714. The lowest BCUT2D eigenvalue weighted by Gasteiger charge is -2.07. The Balaban J connectivity index is 2.20. The zero-order valence-electron chi connectivity index (χ0n) is 9.77. The molecule has 0 aliphatic rings. The van der Waals surface area contributed by atoms with E-state index in [2.05, 4.69) is 9.97 Å². The lowest BCUT2D eigenvalue weighted by molar-refractivity contribution is 0.415. The summed E-state index contributed by atoms with van der Waals surface area (Å²) in [5.41, 5.74) is 3.03. The maximum absolute atomic E-state index is 6.16. The maximum atomic E-state index is 6.16. The number of halogens is 1. The summed E-state index contributed by atoms with van der Waals surface area (Å²) in [7, 11) is 1.61. The predicted molar refractivity (Wildman–Crippen MR) is 73.1 cm³/mol. The Morgan fingerprint density at radius 1 is 1.22 bits per heavy atom. The van der Waals surface area contributed by atoms with Crippen LogP contribution in [0.15, 0.2) is 42.7 Å². The van der Waals surface area contributed by atoms with Crippen LogP contribution in [0.5, 0.6) is 5.75 Å². The van der Waals surface area contributed by atoms with Gasteiger partial charge in [-0.15, -0.1) is 0 Å². The summed E-state index contributed by atoms with van der Waals surface area (Å²) in [4.78, 5) is 7.37. The van der Waals surface area contributed by atoms with Crippen molar-refractivity contribution in [2.24, 2.45) is 0 Å². The van der Waals surface area contributed by atoms with Crippen LogP contribution in [0.1, 0.15) is 0 Å². The topological polar surface area (TPSA) is 37.9 Å². The molecule has 18 heavy (non-hydrogen) atoms. The molecule has 3 nitrogen and oxygen atoms in total. The van der Waals surface area contributed by atoms with Gasteiger partial charge in [-0.25, -0.2) is 4.98 Å². The van der Waals surface area contributed by atoms with E-state index in [4.69, 9.17) is 16.3 Å². The molecule has 0 atom stereocenters. The highest BCUT2D eigenvalue weighted by atomic mass is 35.5. The molecule has 4 heteroatoms. The Kier molecular flexibility index (Phi) is 2.68. The molecule has 0 amide bonds. The Morgan fingerprint density at radius 2 is 2.11 bits per heavy atom. The van der Waals surface area contributed by atoms with Crippen LogP contribution in [0.2, 0.25) is 5.02 Å². The molecule has 1 N–H and O–H groups in total. The normalized spacial score (nSPS) is 10.8. The first-order valence-electron chi connectivity index (χ1n) is 5.55. The summed E-state index contributed by atoms with van der Waals surface area (Å²) in [6.45, 7) is 0. The van der Waals surface area contributed by atoms with Crippen LogP contribution < -0.4 is 4.74 Å². The quantitative estimate of drug-likeness (QED) is 0.757. The highest BCUT2D eigenvalue weighted by molar-refractivity contribution is 6.32. The maximum Gasteiger partial charge on any atom is 0.137 e. The molecular formula is C14H11ClN2O. The van der Waals surface area contributed by atoms with Crippen LogP contribution in [-0.2, 0) is 0 Å². The Morgan fingerprint density at radius 3 is 2.89 bits per heavy atom. The van der Waals surface area contributed by atoms with Crippen molar-refractivity contribution in [2.45, 2.75) is 0 Å². The van der Waals surface area contributed by atoms with Gasteiger partial charge < -0.3 is 9.72 Å². The van der Waals surface area contributed by atoms with E-state index in [1.54, 1.807) is 13.3 Å². The summed E-state index contributed by atoms with van der Waals surface area (Å²) in [5, 5.41) is 1.69. The van der Waals surface area contributed by atoms with E-state index in [1.165, 1.54) is 0 Å². The average molecular weight is 259 g/mol. The molecule has 0 unspecified atom stereocenters. The average Bonchev–Trinajstić information content (AvgIpc) is 2.86. The predicted octanol–water partition coefficient (Wildman–Crippen LogP) is 3.89. The number of pyridine rings is 1. The SMILES string of the molecule is COc1ccc(-c2ccnc3[nH]ccc23)cc1Cl. The Labute approximate surface area is 109 Å². The minimum absolute atomic E-state index is 0.607. The zero-order chi connectivity index (χ0) is 12.5. The first-order valence-corrected chi connectivity index (χ1v) is 5.93. The van der Waals surface area contributed by atoms with Gasteiger partial charge in [-0.2, -0.15) is 0 Å². The highest BCUT2D eigenvalue weighted by Crippen LogP contribution is 2.32. The van der Waals surface area contributed by atoms with E-state index in [-0.39, 0.29) is 0 Å². The number of nitrogens with one attached hydrogen (secondary N) is 1. The van der Waals surface area contributed by atoms with Gasteiger partial charge in [-0.1, -0.05) is 17.7 Å². The summed E-state index contributed by atoms with van der Waals surface area (Å²) >= 11 is 6.16. The largest absolute Gasteiger partial charge is 0.495 e. The number of methoxy groups -OCH3 is 1. The van der Waals surface area contributed by atoms with Gasteiger partial charge in [-0.3, -0.25) is 0 Å². The number of fused-ring (bicyclic) bond motifs is 1. The molecule has 1 aromatic carbocycles. The number of ether oxygens (including phenoxy) is 1. The molecule has 0 fully saturated rings. The highest BCUT2D eigenvalue weighted by Gasteiger charge is 2.07. The number of hydrogen-bond donors (Lipinski definition) is 1. The molecule has 0 radical (unpaired) electrons. The van der Waals surface area contributed by atoms with Crippen LogP contribution in [0.4, 0.5) is 0 Å². The van der Waals surface area contributed by atoms with Gasteiger partial charge in [0.05, 0.1) is 12.1 Å². The monoisotopic (exact) mass is 258 g/mol. The number of nitrogens with zero attached hydrogens (tertiary/aromatic N) is 1. The van der Waals surface area contributed by atoms with Crippen molar-refractivity contribution in [3.8, 4) is 16.9 Å². The van der Waals surface area contributed by atoms with Crippen molar-refractivity contribution in [3.05, 3.63) is 47.7 Å². The van der Waals surface area contributed by atoms with Gasteiger partial charge in [0.15, 0.2) is 0 Å². The summed E-state index contributed by atoms with van der Waals surface area (Å²) < 4.78 is 5.16. The summed E-state index contributed by atoms with van der Waals surface area (Å²) in [5.74, 6) is 0.680. The van der Waals surface area contributed by atoms with Gasteiger partial charge in [0.25, 0.3) is 0 Å². The number of aromatic nitrogens is 2. The molecule has 0 saturated carbocycles. The molecule has 90 valence electrons. The Bertz CT molecular complexity index is 706. The van der Waals surface area contributed by atoms with E-state index in [9.17, 15) is 0 Å². The fourth-order valence-corrected chi connectivity index (χ4v) is 2.30. The lowest BCUT2D eigenvalue weighted by atomic mass is 10.0. The first-order chi connectivity index (χ1) is 8.79. The molecule has 0 bridgehead atoms. The number of aromatic amines is 1. The standard InChI is InChI=1S/C14H11ClN2O/c1-18-13-3-2-9(8-12(13)15)10-4-6-16-14-11(10)5-7-17-14/h2-8H,1H3,(H,16,17). The number of benzene rings is 1. The summed E-state index contributed by atoms with van der Waals surface area (Å²) in [6.07, 6.45) is 3.67. The summed E-state index contributed by atoms with van der Waals surface area (Å²) in [6, 6.07) is 9.76. The minimum Gasteiger partial charge on any atom is -0.495 e. The number of H-pyrrole nitrogens is 1. The second kappa shape index (κ2) is 4.35. The van der Waals surface area contributed by atoms with Crippen molar-refractivity contribution in [1.29, 1.82) is 0 Å². The Hall–Kier alpha value is -2.00. The minimum atomic E-state index is 0.607. The lowest BCUT2D eigenvalue weighted by Crippen LogP contribution is -1.86. The molecule has 0 spiro atoms. The van der Waals surface area contributed by atoms with Crippen LogP contribution in [0.3, 0.4) is 0 Å². The van der Waals surface area contributed by atoms with E-state index >= 15 is 0 Å². The van der Waals surface area contributed by atoms with Crippen LogP contribution in [0.25, 0.3) is 22.2 Å². The van der Waals surface area contributed by atoms with Gasteiger partial charge >= 0.3 is 0 Å². The molecule has 0 aliphatic heterocycles. The van der Waals surface area contributed by atoms with Gasteiger partial charge in [0.2, 0.25) is 0 Å². The second-order valence-corrected chi connectivity index (χ2v) is 4.35. The number of hydrogen-bond acceptors (Lipinski definition) is 2. The second-order valence-electron chi connectivity index (χ2n) is 3.95. The molecule has 0 saturated heterocycles. The molecule has 2 aromatic heterocycles. The molecule has 3 aromatic rings. The van der Waals surface area contributed by atoms with E-state index in [1.807, 2.05) is 36.5 Å². The zero-order valence-corrected chi connectivity index (χ0v) is 10.5. The van der Waals surface area contributed by atoms with Crippen molar-refractivity contribution in [2.75, 3.05) is 7.11 Å². The van der Waals surface area contributed by atoms with Gasteiger partial charge in [0.1, 0.15) is 11.4 Å². The molecule has 3 rings (SSSR count). The van der Waals surface area contributed by atoms with E-state index in [0.29, 0.717) is 10.8 Å². The molecule has 2 heterocycles. The van der Waals surface area contributed by atoms with Gasteiger partial charge in [0, 0.05) is 17.8 Å². The van der Waals surface area contributed by atoms with Crippen molar-refractivity contribution in [1.82, 2.24) is 9.97 Å². The van der Waals surface area contributed by atoms with Crippen LogP contribution in [0, 0.1) is 0 Å². The molecular weight excluding hydrogens is 248 g/mol. The van der Waals surface area contributed by atoms with Crippen molar-refractivity contribution in [3.63, 3.8) is 0 Å². The molecule has 0 aliphatic carbocycles. The third-order valence-corrected chi connectivity index (χ3v) is 3.22. The van der Waals surface area contributed by atoms with Crippen LogP contribution >= 0.6 is 11.6 Å². The third-order valence-electron chi connectivity index (χ3n) is 2.92. The fourth-order valence-electron chi connectivity index (χ4n) is 2.05. The smallest absolute Gasteiger partial charge is 0.137 e. The van der Waals surface area contributed by atoms with Crippen molar-refractivity contribution < 1.29 is 4.74 Å². The number of rotatable bonds is 2.